The number of fused-ring (bicyclic) bond motifs is 1. The van der Waals surface area contributed by atoms with E-state index in [-0.39, 0.29) is 10.7 Å². The molecule has 0 aliphatic carbocycles. The lowest BCUT2D eigenvalue weighted by Crippen LogP contribution is -2.19. The summed E-state index contributed by atoms with van der Waals surface area (Å²) in [7, 11) is 1.38. The third-order valence-corrected chi connectivity index (χ3v) is 3.49. The van der Waals surface area contributed by atoms with Crippen LogP contribution in [-0.4, -0.2) is 31.9 Å². The number of thiophene rings is 1. The molecule has 0 radical (unpaired) electrons. The summed E-state index contributed by atoms with van der Waals surface area (Å²) in [6.45, 7) is 0. The number of anilines is 1. The molecule has 0 aliphatic heterocycles. The van der Waals surface area contributed by atoms with Crippen molar-refractivity contribution in [2.45, 2.75) is 0 Å². The fraction of sp³-hybridized carbons (Fsp3) is 0.111. The first kappa shape index (κ1) is 12.9. The minimum atomic E-state index is -2.69. The van der Waals surface area contributed by atoms with Gasteiger partial charge >= 0.3 is 5.97 Å². The van der Waals surface area contributed by atoms with Crippen molar-refractivity contribution in [3.63, 3.8) is 0 Å². The Labute approximate surface area is 108 Å². The number of rotatable bonds is 4. The van der Waals surface area contributed by atoms with Gasteiger partial charge in [-0.15, -0.1) is 11.3 Å². The first-order valence-corrected chi connectivity index (χ1v) is 6.44. The van der Waals surface area contributed by atoms with Crippen LogP contribution in [0.1, 0.15) is 9.67 Å². The molecule has 18 heavy (non-hydrogen) atoms. The van der Waals surface area contributed by atoms with Crippen molar-refractivity contribution in [2.24, 2.45) is 0 Å². The molecule has 0 saturated carbocycles. The van der Waals surface area contributed by atoms with E-state index in [1.807, 2.05) is 0 Å². The molecule has 0 saturated heterocycles. The molecule has 0 aromatic carbocycles. The van der Waals surface area contributed by atoms with Crippen LogP contribution in [-0.2, 0) is 15.6 Å². The van der Waals surface area contributed by atoms with Gasteiger partial charge in [-0.05, 0) is 18.2 Å². The molecule has 1 N–H and O–H groups in total. The molecule has 0 bridgehead atoms. The Kier molecular flexibility index (Phi) is 3.57. The monoisotopic (exact) mass is 287 g/mol. The van der Waals surface area contributed by atoms with Crippen molar-refractivity contribution in [1.29, 1.82) is 0 Å². The zero-order valence-corrected chi connectivity index (χ0v) is 10.7. The summed E-state index contributed by atoms with van der Waals surface area (Å²) in [5, 5.41) is 9.82. The highest BCUT2D eigenvalue weighted by Crippen LogP contribution is 2.26. The second-order valence-corrected chi connectivity index (χ2v) is 4.89. The van der Waals surface area contributed by atoms with Crippen molar-refractivity contribution in [1.82, 2.24) is 4.98 Å². The van der Waals surface area contributed by atoms with Crippen LogP contribution in [0.3, 0.4) is 0 Å². The van der Waals surface area contributed by atoms with E-state index in [2.05, 4.69) is 9.27 Å². The maximum absolute atomic E-state index is 10.8. The number of hydroxylamine groups is 1. The molecule has 2 rings (SSSR count). The lowest BCUT2D eigenvalue weighted by molar-refractivity contribution is 0.0702. The maximum atomic E-state index is 10.8. The summed E-state index contributed by atoms with van der Waals surface area (Å²) < 4.78 is 25.9. The predicted octanol–water partition coefficient (Wildman–Crippen LogP) is 1.16. The van der Waals surface area contributed by atoms with E-state index in [0.717, 1.165) is 16.4 Å². The maximum Gasteiger partial charge on any atom is 0.345 e. The highest BCUT2D eigenvalue weighted by atomic mass is 32.2. The van der Waals surface area contributed by atoms with Crippen LogP contribution in [0.2, 0.25) is 0 Å². The number of pyridine rings is 1. The van der Waals surface area contributed by atoms with E-state index in [1.54, 1.807) is 6.07 Å². The Hall–Kier alpha value is -1.55. The minimum Gasteiger partial charge on any atom is -0.748 e. The molecule has 2 aromatic heterocycles. The van der Waals surface area contributed by atoms with E-state index < -0.39 is 17.3 Å². The van der Waals surface area contributed by atoms with Crippen molar-refractivity contribution in [2.75, 3.05) is 12.1 Å². The molecule has 2 heterocycles. The van der Waals surface area contributed by atoms with Crippen molar-refractivity contribution < 1.29 is 22.9 Å². The van der Waals surface area contributed by atoms with Gasteiger partial charge in [-0.2, -0.15) is 4.28 Å². The number of aromatic nitrogens is 1. The van der Waals surface area contributed by atoms with Crippen LogP contribution >= 0.6 is 11.3 Å². The van der Waals surface area contributed by atoms with Gasteiger partial charge < -0.3 is 9.66 Å². The van der Waals surface area contributed by atoms with E-state index >= 15 is 0 Å². The normalized spacial score (nSPS) is 12.6. The van der Waals surface area contributed by atoms with Crippen molar-refractivity contribution >= 4 is 44.7 Å². The molecule has 1 atom stereocenters. The third kappa shape index (κ3) is 2.64. The Morgan fingerprint density at radius 3 is 2.94 bits per heavy atom. The summed E-state index contributed by atoms with van der Waals surface area (Å²) in [5.74, 6) is -0.758. The van der Waals surface area contributed by atoms with Crippen LogP contribution in [0, 0.1) is 0 Å². The number of carboxylic acids is 1. The molecule has 0 fully saturated rings. The van der Waals surface area contributed by atoms with Gasteiger partial charge in [-0.25, -0.2) is 19.1 Å². The average Bonchev–Trinajstić information content (AvgIpc) is 2.70. The first-order chi connectivity index (χ1) is 8.47. The number of hydrogen-bond donors (Lipinski definition) is 1. The second-order valence-electron chi connectivity index (χ2n) is 3.24. The van der Waals surface area contributed by atoms with Crippen molar-refractivity contribution in [3.05, 3.63) is 23.1 Å². The van der Waals surface area contributed by atoms with Crippen LogP contribution in [0.15, 0.2) is 18.2 Å². The second kappa shape index (κ2) is 4.98. The van der Waals surface area contributed by atoms with E-state index in [4.69, 9.17) is 5.11 Å². The molecule has 1 unspecified atom stereocenters. The lowest BCUT2D eigenvalue weighted by Gasteiger charge is -2.17. The van der Waals surface area contributed by atoms with Gasteiger partial charge in [-0.1, -0.05) is 0 Å². The number of hydrogen-bond acceptors (Lipinski definition) is 7. The molecular formula is C9H7N2O5S2-. The van der Waals surface area contributed by atoms with Gasteiger partial charge in [0.25, 0.3) is 0 Å². The number of aromatic carboxylic acids is 1. The smallest absolute Gasteiger partial charge is 0.345 e. The zero-order chi connectivity index (χ0) is 13.3. The lowest BCUT2D eigenvalue weighted by atomic mass is 10.3. The SMILES string of the molecule is CN(OS(=O)[O-])c1ccc2sc(C(=O)O)cc2n1. The zero-order valence-electron chi connectivity index (χ0n) is 9.02. The van der Waals surface area contributed by atoms with Crippen LogP contribution in [0.4, 0.5) is 5.82 Å². The van der Waals surface area contributed by atoms with Crippen molar-refractivity contribution in [3.8, 4) is 0 Å². The van der Waals surface area contributed by atoms with Crippen LogP contribution in [0.25, 0.3) is 10.2 Å². The molecule has 96 valence electrons. The largest absolute Gasteiger partial charge is 0.748 e. The quantitative estimate of drug-likeness (QED) is 0.664. The molecule has 2 aromatic rings. The Bertz CT molecular complexity index is 626. The highest BCUT2D eigenvalue weighted by Gasteiger charge is 2.11. The fourth-order valence-electron chi connectivity index (χ4n) is 1.32. The van der Waals surface area contributed by atoms with E-state index in [9.17, 15) is 13.6 Å². The highest BCUT2D eigenvalue weighted by molar-refractivity contribution is 7.74. The molecule has 0 amide bonds. The number of carboxylic acid groups (broad SMARTS) is 1. The van der Waals surface area contributed by atoms with Gasteiger partial charge in [0, 0.05) is 7.05 Å². The average molecular weight is 287 g/mol. The Morgan fingerprint density at radius 1 is 1.61 bits per heavy atom. The minimum absolute atomic E-state index is 0.172. The summed E-state index contributed by atoms with van der Waals surface area (Å²) in [4.78, 5) is 15.1. The van der Waals surface area contributed by atoms with Gasteiger partial charge in [0.05, 0.1) is 10.2 Å². The summed E-state index contributed by atoms with van der Waals surface area (Å²) >= 11 is -1.59. The van der Waals surface area contributed by atoms with E-state index in [0.29, 0.717) is 10.2 Å². The molecule has 0 aliphatic rings. The third-order valence-electron chi connectivity index (χ3n) is 2.07. The first-order valence-electron chi connectivity index (χ1n) is 4.62. The molecule has 9 heteroatoms. The molecular weight excluding hydrogens is 280 g/mol. The van der Waals surface area contributed by atoms with Gasteiger partial charge in [0.1, 0.15) is 16.2 Å². The standard InChI is InChI=1S/C9H8N2O5S2/c1-11(16-18(14)15)8-3-2-6-5(10-8)4-7(17-6)9(12)13/h2-4H,1H3,(H,12,13)(H,14,15)/p-1. The van der Waals surface area contributed by atoms with E-state index in [1.165, 1.54) is 19.2 Å². The van der Waals surface area contributed by atoms with Gasteiger partial charge in [0.15, 0.2) is 5.82 Å². The Morgan fingerprint density at radius 2 is 2.33 bits per heavy atom. The summed E-state index contributed by atoms with van der Waals surface area (Å²) in [6.07, 6.45) is 0. The number of nitrogens with zero attached hydrogens (tertiary/aromatic N) is 2. The summed E-state index contributed by atoms with van der Waals surface area (Å²) in [6, 6.07) is 4.62. The van der Waals surface area contributed by atoms with Gasteiger partial charge in [0.2, 0.25) is 0 Å². The topological polar surface area (TPSA) is 103 Å². The predicted molar refractivity (Wildman–Crippen MR) is 65.0 cm³/mol. The van der Waals surface area contributed by atoms with Gasteiger partial charge in [-0.3, -0.25) is 0 Å². The molecule has 0 spiro atoms. The summed E-state index contributed by atoms with van der Waals surface area (Å²) in [5.41, 5.74) is 0.474. The molecule has 7 nitrogen and oxygen atoms in total. The fourth-order valence-corrected chi connectivity index (χ4v) is 2.42. The van der Waals surface area contributed by atoms with Crippen LogP contribution in [0.5, 0.6) is 0 Å². The van der Waals surface area contributed by atoms with Crippen LogP contribution < -0.4 is 5.06 Å². The Balaban J connectivity index is 2.37. The number of carbonyl (C=O) groups is 1.